The van der Waals surface area contributed by atoms with Crippen molar-refractivity contribution >= 4 is 40.5 Å². The largest absolute Gasteiger partial charge is 0.507 e. The van der Waals surface area contributed by atoms with E-state index in [1.165, 1.54) is 0 Å². The molecule has 2 aromatic carbocycles. The first-order valence-corrected chi connectivity index (χ1v) is 30.0. The van der Waals surface area contributed by atoms with Crippen molar-refractivity contribution in [3.8, 4) is 27.4 Å². The molecule has 424 valence electrons. The quantitative estimate of drug-likeness (QED) is 0.0691. The summed E-state index contributed by atoms with van der Waals surface area (Å²) in [7, 11) is 0. The van der Waals surface area contributed by atoms with Gasteiger partial charge in [0.2, 0.25) is 11.8 Å². The number of phenolic OH excluding ortho intramolecular Hbond substituents is 1. The summed E-state index contributed by atoms with van der Waals surface area (Å²) >= 11 is 1.60. The lowest BCUT2D eigenvalue weighted by Crippen LogP contribution is -2.53. The van der Waals surface area contributed by atoms with Gasteiger partial charge in [-0.3, -0.25) is 14.5 Å². The Kier molecular flexibility index (Phi) is 15.7. The van der Waals surface area contributed by atoms with E-state index in [1.54, 1.807) is 28.4 Å². The summed E-state index contributed by atoms with van der Waals surface area (Å²) in [4.78, 5) is 50.0. The molecule has 6 aliphatic rings. The predicted octanol–water partition coefficient (Wildman–Crippen LogP) is 7.58. The number of ether oxygens (including phenoxy) is 1. The molecule has 6 aromatic rings. The van der Waals surface area contributed by atoms with Crippen LogP contribution >= 0.6 is 11.3 Å². The van der Waals surface area contributed by atoms with Crippen LogP contribution in [0.1, 0.15) is 119 Å². The van der Waals surface area contributed by atoms with Gasteiger partial charge in [0.05, 0.1) is 63.8 Å². The van der Waals surface area contributed by atoms with Crippen molar-refractivity contribution in [3.63, 3.8) is 0 Å². The number of amides is 2. The molecule has 19 nitrogen and oxygen atoms in total. The van der Waals surface area contributed by atoms with Crippen LogP contribution in [0.25, 0.3) is 21.7 Å². The fraction of sp³-hybridized carbons (Fsp3) is 0.550. The third-order valence-corrected chi connectivity index (χ3v) is 19.2. The van der Waals surface area contributed by atoms with Crippen molar-refractivity contribution in [3.05, 3.63) is 101 Å². The van der Waals surface area contributed by atoms with Gasteiger partial charge in [-0.2, -0.15) is 0 Å². The van der Waals surface area contributed by atoms with Crippen molar-refractivity contribution in [2.24, 2.45) is 11.8 Å². The molecule has 6 fully saturated rings. The molecule has 1 unspecified atom stereocenters. The van der Waals surface area contributed by atoms with Gasteiger partial charge in [0, 0.05) is 101 Å². The molecule has 1 saturated carbocycles. The third-order valence-electron chi connectivity index (χ3n) is 18.2. The number of phenols is 1. The number of aromatic nitrogens is 6. The minimum atomic E-state index is -0.799. The Morgan fingerprint density at radius 1 is 0.863 bits per heavy atom. The number of aliphatic hydroxyl groups excluding tert-OH is 1. The third kappa shape index (κ3) is 11.4. The van der Waals surface area contributed by atoms with Crippen LogP contribution in [0, 0.1) is 18.8 Å². The summed E-state index contributed by atoms with van der Waals surface area (Å²) in [5.41, 5.74) is 14.5. The maximum atomic E-state index is 14.4. The standard InChI is InChI=1S/C60H77N13O6S/c1-36(2)56(60(77)73-33-46(74)25-52(73)59(76)64-37(3)40-9-11-41(12-10-40)57-38(4)63-35-80-57)54-27-55(67-79-54)69-21-15-39(16-22-69)28-68-19-17-47(18-20-68)78-48-23-45(24-48)71-29-42(62-34-71)30-72-43-13-14-44(72)32-70(31-43)51-26-50(65-66-58(51)61)49-7-5-6-8-53(49)75/h5-12,26-27,29,34-37,39,43-48,52,56,74-75H,13-25,28,30-33H2,1-4H3,(H2,61,66)(H,64,76)/t37-,43+,44?,45?,46+,48?,52-,56+/m0/s1. The Balaban J connectivity index is 0.560. The van der Waals surface area contributed by atoms with Crippen LogP contribution in [0.2, 0.25) is 0 Å². The van der Waals surface area contributed by atoms with Crippen LogP contribution in [0.5, 0.6) is 5.75 Å². The van der Waals surface area contributed by atoms with E-state index in [2.05, 4.69) is 56.0 Å². The number of hydrogen-bond acceptors (Lipinski definition) is 17. The number of rotatable bonds is 17. The fourth-order valence-electron chi connectivity index (χ4n) is 13.6. The number of likely N-dealkylation sites (tertiary alicyclic amines) is 2. The van der Waals surface area contributed by atoms with Crippen LogP contribution in [-0.4, -0.2) is 155 Å². The van der Waals surface area contributed by atoms with Gasteiger partial charge in [-0.1, -0.05) is 55.4 Å². The summed E-state index contributed by atoms with van der Waals surface area (Å²) in [6, 6.07) is 19.3. The van der Waals surface area contributed by atoms with E-state index in [-0.39, 0.29) is 42.5 Å². The van der Waals surface area contributed by atoms with Crippen molar-refractivity contribution in [1.82, 2.24) is 49.9 Å². The Bertz CT molecular complexity index is 3090. The molecule has 2 amide bonds. The van der Waals surface area contributed by atoms with Crippen molar-refractivity contribution < 1.29 is 29.1 Å². The number of nitrogens with one attached hydrogen (secondary N) is 1. The average Bonchev–Trinajstić information content (AvgIpc) is 4.33. The van der Waals surface area contributed by atoms with E-state index < -0.39 is 18.1 Å². The number of nitrogens with zero attached hydrogens (tertiary/aromatic N) is 11. The number of nitrogens with two attached hydrogens (primary N) is 1. The normalized spacial score (nSPS) is 24.9. The van der Waals surface area contributed by atoms with Gasteiger partial charge in [-0.25, -0.2) is 9.97 Å². The summed E-state index contributed by atoms with van der Waals surface area (Å²) in [5, 5.41) is 37.4. The molecule has 2 bridgehead atoms. The Labute approximate surface area is 472 Å². The van der Waals surface area contributed by atoms with E-state index in [0.717, 1.165) is 143 Å². The number of para-hydroxylation sites is 1. The number of aromatic hydroxyl groups is 1. The number of aryl methyl sites for hydroxylation is 1. The van der Waals surface area contributed by atoms with E-state index in [1.807, 2.05) is 88.1 Å². The van der Waals surface area contributed by atoms with E-state index in [4.69, 9.17) is 20.0 Å². The number of β-amino-alcohol motifs (C(OH)–C–C–N with tert-alkyl or cyclic N) is 1. The van der Waals surface area contributed by atoms with Crippen LogP contribution in [0.15, 0.2) is 83.2 Å². The number of piperazine rings is 1. The lowest BCUT2D eigenvalue weighted by molar-refractivity contribution is -0.141. The fourth-order valence-corrected chi connectivity index (χ4v) is 14.4. The van der Waals surface area contributed by atoms with Gasteiger partial charge in [-0.15, -0.1) is 21.5 Å². The SMILES string of the molecule is Cc1ncsc1-c1ccc([C@H](C)NC(=O)[C@@H]2C[C@@H](O)CN2C(=O)[C@@H](c2cc(N3CCC(CN4CCC(OC5CC(n6cnc(CN7C8CC[C@@H]7CN(c7cc(-c9ccccc9O)nnc7N)C8)c6)C5)CC4)CC3)no2)C(C)C)cc1. The molecular formula is C60H77N13O6S. The molecule has 5 N–H and O–H groups in total. The number of carbonyl (C=O) groups is 2. The highest BCUT2D eigenvalue weighted by Gasteiger charge is 2.45. The number of fused-ring (bicyclic) bond motifs is 2. The molecule has 9 heterocycles. The summed E-state index contributed by atoms with van der Waals surface area (Å²) in [5.74, 6) is 1.14. The highest BCUT2D eigenvalue weighted by atomic mass is 32.1. The number of imidazole rings is 1. The lowest BCUT2D eigenvalue weighted by Gasteiger charge is -2.42. The zero-order chi connectivity index (χ0) is 55.2. The second-order valence-electron chi connectivity index (χ2n) is 23.9. The van der Waals surface area contributed by atoms with Crippen molar-refractivity contribution in [2.45, 2.75) is 146 Å². The second kappa shape index (κ2) is 23.2. The monoisotopic (exact) mass is 1110 g/mol. The molecule has 4 aromatic heterocycles. The van der Waals surface area contributed by atoms with Crippen molar-refractivity contribution in [2.75, 3.05) is 67.9 Å². The summed E-state index contributed by atoms with van der Waals surface area (Å²) in [6.45, 7) is 15.5. The minimum absolute atomic E-state index is 0.0887. The molecule has 12 rings (SSSR count). The second-order valence-corrected chi connectivity index (χ2v) is 24.8. The number of benzene rings is 2. The van der Waals surface area contributed by atoms with E-state index in [9.17, 15) is 19.8 Å². The van der Waals surface area contributed by atoms with Gasteiger partial charge < -0.3 is 54.7 Å². The zero-order valence-corrected chi connectivity index (χ0v) is 47.3. The van der Waals surface area contributed by atoms with Crippen LogP contribution < -0.4 is 20.9 Å². The average molecular weight is 1110 g/mol. The summed E-state index contributed by atoms with van der Waals surface area (Å²) in [6.07, 6.45) is 12.8. The first kappa shape index (κ1) is 54.2. The molecule has 20 heteroatoms. The Morgan fingerprint density at radius 3 is 2.33 bits per heavy atom. The van der Waals surface area contributed by atoms with Gasteiger partial charge in [-0.05, 0) is 106 Å². The predicted molar refractivity (Wildman–Crippen MR) is 307 cm³/mol. The molecule has 5 aliphatic heterocycles. The lowest BCUT2D eigenvalue weighted by atomic mass is 9.88. The smallest absolute Gasteiger partial charge is 0.243 e. The number of carbonyl (C=O) groups excluding carboxylic acids is 2. The molecular weight excluding hydrogens is 1030 g/mol. The first-order valence-electron chi connectivity index (χ1n) is 29.1. The van der Waals surface area contributed by atoms with Crippen LogP contribution in [0.3, 0.4) is 0 Å². The minimum Gasteiger partial charge on any atom is -0.507 e. The maximum absolute atomic E-state index is 14.4. The van der Waals surface area contributed by atoms with Gasteiger partial charge in [0.15, 0.2) is 17.4 Å². The van der Waals surface area contributed by atoms with Crippen LogP contribution in [0.4, 0.5) is 17.3 Å². The van der Waals surface area contributed by atoms with Gasteiger partial charge in [0.25, 0.3) is 0 Å². The molecule has 1 aliphatic carbocycles. The van der Waals surface area contributed by atoms with E-state index >= 15 is 0 Å². The number of anilines is 3. The van der Waals surface area contributed by atoms with Crippen LogP contribution in [-0.2, 0) is 20.9 Å². The van der Waals surface area contributed by atoms with Gasteiger partial charge >= 0.3 is 0 Å². The molecule has 5 saturated heterocycles. The molecule has 6 atom stereocenters. The Hall–Kier alpha value is -6.45. The molecule has 0 radical (unpaired) electrons. The topological polar surface area (TPSA) is 221 Å². The molecule has 0 spiro atoms. The maximum Gasteiger partial charge on any atom is 0.243 e. The number of thiazole rings is 1. The van der Waals surface area contributed by atoms with E-state index in [0.29, 0.717) is 59.1 Å². The number of aliphatic hydroxyl groups is 1. The van der Waals surface area contributed by atoms with Gasteiger partial charge in [0.1, 0.15) is 17.7 Å². The number of hydrogen-bond donors (Lipinski definition) is 4. The highest BCUT2D eigenvalue weighted by molar-refractivity contribution is 7.13. The molecule has 80 heavy (non-hydrogen) atoms. The first-order chi connectivity index (χ1) is 38.8. The van der Waals surface area contributed by atoms with Crippen molar-refractivity contribution in [1.29, 1.82) is 0 Å². The summed E-state index contributed by atoms with van der Waals surface area (Å²) < 4.78 is 15.0. The number of piperidine rings is 2. The zero-order valence-electron chi connectivity index (χ0n) is 46.5. The highest BCUT2D eigenvalue weighted by Crippen LogP contribution is 2.40. The number of nitrogen functional groups attached to an aromatic ring is 1. The Morgan fingerprint density at radius 2 is 1.61 bits per heavy atom.